The van der Waals surface area contributed by atoms with Gasteiger partial charge in [-0.15, -0.1) is 11.3 Å². The molecule has 1 aliphatic heterocycles. The molecule has 0 unspecified atom stereocenters. The van der Waals surface area contributed by atoms with Crippen molar-refractivity contribution in [3.8, 4) is 10.4 Å². The zero-order valence-electron chi connectivity index (χ0n) is 14.6. The number of amides is 1. The summed E-state index contributed by atoms with van der Waals surface area (Å²) < 4.78 is 6.53. The van der Waals surface area contributed by atoms with Gasteiger partial charge in [0.1, 0.15) is 0 Å². The Labute approximate surface area is 156 Å². The molecule has 0 radical (unpaired) electrons. The van der Waals surface area contributed by atoms with Crippen molar-refractivity contribution < 1.29 is 9.53 Å². The van der Waals surface area contributed by atoms with Crippen LogP contribution in [0.1, 0.15) is 24.5 Å². The first-order chi connectivity index (χ1) is 12.7. The van der Waals surface area contributed by atoms with E-state index in [2.05, 4.69) is 46.7 Å². The van der Waals surface area contributed by atoms with Gasteiger partial charge in [0.25, 0.3) is 0 Å². The van der Waals surface area contributed by atoms with E-state index in [0.717, 1.165) is 16.8 Å². The maximum absolute atomic E-state index is 12.2. The molecule has 3 aromatic rings. The number of fused-ring (bicyclic) bond motifs is 2. The molecule has 1 N–H and O–H groups in total. The Bertz CT molecular complexity index is 958. The lowest BCUT2D eigenvalue weighted by Crippen LogP contribution is -2.14. The van der Waals surface area contributed by atoms with Crippen molar-refractivity contribution in [3.63, 3.8) is 0 Å². The van der Waals surface area contributed by atoms with Crippen molar-refractivity contribution in [2.45, 2.75) is 19.9 Å². The molecule has 0 fully saturated rings. The molecule has 1 aromatic heterocycles. The minimum absolute atomic E-state index is 0.0318. The Morgan fingerprint density at radius 1 is 1.27 bits per heavy atom. The largest absolute Gasteiger partial charge is 0.381 e. The standard InChI is InChI=1S/C21H20N2O2S/c1-2-25-8-7-21(24)23-16-9-15-12-22-13-18(15)17(11-16)20-10-14-5-3-4-6-19(14)26-20/h3-6,9-12H,2,7-8,13H2,1H3,(H,23,24). The number of rotatable bonds is 6. The second kappa shape index (κ2) is 7.40. The highest BCUT2D eigenvalue weighted by Crippen LogP contribution is 2.39. The molecule has 0 spiro atoms. The Hall–Kier alpha value is -2.50. The number of nitrogens with one attached hydrogen (secondary N) is 1. The number of ether oxygens (including phenoxy) is 1. The van der Waals surface area contributed by atoms with Gasteiger partial charge in [0.15, 0.2) is 0 Å². The average Bonchev–Trinajstić information content (AvgIpc) is 3.27. The van der Waals surface area contributed by atoms with E-state index in [9.17, 15) is 4.79 Å². The van der Waals surface area contributed by atoms with Gasteiger partial charge in [0.05, 0.1) is 19.6 Å². The Balaban J connectivity index is 1.66. The molecule has 4 nitrogen and oxygen atoms in total. The molecule has 2 aromatic carbocycles. The van der Waals surface area contributed by atoms with Crippen molar-refractivity contribution in [1.29, 1.82) is 0 Å². The van der Waals surface area contributed by atoms with Gasteiger partial charge in [-0.25, -0.2) is 0 Å². The number of anilines is 1. The predicted molar refractivity (Wildman–Crippen MR) is 108 cm³/mol. The number of aliphatic imine (C=N–C) groups is 1. The summed E-state index contributed by atoms with van der Waals surface area (Å²) in [4.78, 5) is 17.8. The van der Waals surface area contributed by atoms with Crippen molar-refractivity contribution in [2.75, 3.05) is 18.5 Å². The third-order valence-corrected chi connectivity index (χ3v) is 5.57. The molecule has 0 saturated carbocycles. The average molecular weight is 364 g/mol. The van der Waals surface area contributed by atoms with E-state index in [-0.39, 0.29) is 5.91 Å². The Morgan fingerprint density at radius 3 is 3.00 bits per heavy atom. The van der Waals surface area contributed by atoms with Crippen molar-refractivity contribution in [2.24, 2.45) is 4.99 Å². The lowest BCUT2D eigenvalue weighted by Gasteiger charge is -2.11. The number of benzene rings is 2. The van der Waals surface area contributed by atoms with Gasteiger partial charge in [-0.05, 0) is 47.7 Å². The summed E-state index contributed by atoms with van der Waals surface area (Å²) >= 11 is 1.77. The molecule has 5 heteroatoms. The summed E-state index contributed by atoms with van der Waals surface area (Å²) in [6.07, 6.45) is 2.25. The topological polar surface area (TPSA) is 50.7 Å². The highest BCUT2D eigenvalue weighted by molar-refractivity contribution is 7.22. The lowest BCUT2D eigenvalue weighted by molar-refractivity contribution is -0.117. The number of carbonyl (C=O) groups excluding carboxylic acids is 1. The minimum Gasteiger partial charge on any atom is -0.381 e. The predicted octanol–water partition coefficient (Wildman–Crippen LogP) is 4.87. The van der Waals surface area contributed by atoms with Crippen LogP contribution in [0.4, 0.5) is 5.69 Å². The summed E-state index contributed by atoms with van der Waals surface area (Å²) in [5, 5.41) is 4.24. The second-order valence-corrected chi connectivity index (χ2v) is 7.29. The summed E-state index contributed by atoms with van der Waals surface area (Å²) in [7, 11) is 0. The van der Waals surface area contributed by atoms with E-state index < -0.39 is 0 Å². The fourth-order valence-electron chi connectivity index (χ4n) is 3.16. The first-order valence-electron chi connectivity index (χ1n) is 8.78. The zero-order chi connectivity index (χ0) is 17.9. The SMILES string of the molecule is CCOCCC(=O)Nc1cc2c(c(-c3cc4ccccc4s3)c1)CN=C2. The molecule has 4 rings (SSSR count). The van der Waals surface area contributed by atoms with Crippen LogP contribution in [0.15, 0.2) is 47.5 Å². The van der Waals surface area contributed by atoms with Crippen LogP contribution in [0.3, 0.4) is 0 Å². The molecule has 132 valence electrons. The van der Waals surface area contributed by atoms with Crippen LogP contribution < -0.4 is 5.32 Å². The van der Waals surface area contributed by atoms with E-state index in [1.54, 1.807) is 11.3 Å². The third-order valence-electron chi connectivity index (χ3n) is 4.42. The summed E-state index contributed by atoms with van der Waals surface area (Å²) in [6.45, 7) is 3.68. The molecule has 0 bridgehead atoms. The highest BCUT2D eigenvalue weighted by Gasteiger charge is 2.17. The van der Waals surface area contributed by atoms with Gasteiger partial charge in [-0.1, -0.05) is 18.2 Å². The second-order valence-electron chi connectivity index (χ2n) is 6.20. The number of carbonyl (C=O) groups is 1. The molecular weight excluding hydrogens is 344 g/mol. The number of hydrogen-bond donors (Lipinski definition) is 1. The first kappa shape index (κ1) is 16.9. The van der Waals surface area contributed by atoms with Gasteiger partial charge in [0, 0.05) is 33.6 Å². The smallest absolute Gasteiger partial charge is 0.226 e. The number of nitrogens with zero attached hydrogens (tertiary/aromatic N) is 1. The van der Waals surface area contributed by atoms with Crippen molar-refractivity contribution in [3.05, 3.63) is 53.6 Å². The molecule has 1 aliphatic rings. The summed E-state index contributed by atoms with van der Waals surface area (Å²) in [5.74, 6) is -0.0318. The van der Waals surface area contributed by atoms with Gasteiger partial charge >= 0.3 is 0 Å². The molecule has 0 atom stereocenters. The molecule has 2 heterocycles. The van der Waals surface area contributed by atoms with Gasteiger partial charge < -0.3 is 10.1 Å². The Kier molecular flexibility index (Phi) is 4.82. The van der Waals surface area contributed by atoms with Crippen LogP contribution in [-0.2, 0) is 16.1 Å². The summed E-state index contributed by atoms with van der Waals surface area (Å²) in [5.41, 5.74) is 4.27. The van der Waals surface area contributed by atoms with Gasteiger partial charge in [0.2, 0.25) is 5.91 Å². The van der Waals surface area contributed by atoms with Crippen LogP contribution in [0, 0.1) is 0 Å². The lowest BCUT2D eigenvalue weighted by atomic mass is 10.0. The highest BCUT2D eigenvalue weighted by atomic mass is 32.1. The zero-order valence-corrected chi connectivity index (χ0v) is 15.4. The normalized spacial score (nSPS) is 12.5. The van der Waals surface area contributed by atoms with E-state index in [4.69, 9.17) is 4.74 Å². The van der Waals surface area contributed by atoms with Crippen LogP contribution >= 0.6 is 11.3 Å². The molecule has 0 saturated heterocycles. The van der Waals surface area contributed by atoms with Crippen LogP contribution in [0.5, 0.6) is 0 Å². The van der Waals surface area contributed by atoms with Gasteiger partial charge in [-0.2, -0.15) is 0 Å². The van der Waals surface area contributed by atoms with Crippen LogP contribution in [0.2, 0.25) is 0 Å². The fourth-order valence-corrected chi connectivity index (χ4v) is 4.27. The van der Waals surface area contributed by atoms with Crippen molar-refractivity contribution >= 4 is 39.2 Å². The van der Waals surface area contributed by atoms with Crippen molar-refractivity contribution in [1.82, 2.24) is 0 Å². The summed E-state index contributed by atoms with van der Waals surface area (Å²) in [6, 6.07) is 14.7. The third kappa shape index (κ3) is 3.41. The van der Waals surface area contributed by atoms with Crippen LogP contribution in [0.25, 0.3) is 20.5 Å². The first-order valence-corrected chi connectivity index (χ1v) is 9.59. The Morgan fingerprint density at radius 2 is 2.15 bits per heavy atom. The quantitative estimate of drug-likeness (QED) is 0.635. The van der Waals surface area contributed by atoms with Gasteiger partial charge in [-0.3, -0.25) is 9.79 Å². The van der Waals surface area contributed by atoms with E-state index in [1.807, 2.05) is 19.2 Å². The van der Waals surface area contributed by atoms with E-state index >= 15 is 0 Å². The maximum Gasteiger partial charge on any atom is 0.226 e. The van der Waals surface area contributed by atoms with E-state index in [1.165, 1.54) is 20.5 Å². The fraction of sp³-hybridized carbons (Fsp3) is 0.238. The maximum atomic E-state index is 12.2. The monoisotopic (exact) mass is 364 g/mol. The molecule has 0 aliphatic carbocycles. The molecular formula is C21H20N2O2S. The molecule has 26 heavy (non-hydrogen) atoms. The minimum atomic E-state index is -0.0318. The molecule has 1 amide bonds. The number of thiophene rings is 1. The number of hydrogen-bond acceptors (Lipinski definition) is 4. The van der Waals surface area contributed by atoms with Crippen LogP contribution in [-0.4, -0.2) is 25.3 Å². The van der Waals surface area contributed by atoms with E-state index in [0.29, 0.717) is 26.2 Å².